The molecule has 0 amide bonds. The quantitative estimate of drug-likeness (QED) is 0.520. The third-order valence-electron chi connectivity index (χ3n) is 3.81. The van der Waals surface area contributed by atoms with Crippen molar-refractivity contribution in [1.82, 2.24) is 24.9 Å². The average molecular weight is 343 g/mol. The molecule has 0 bridgehead atoms. The van der Waals surface area contributed by atoms with Crippen molar-refractivity contribution in [2.45, 2.75) is 0 Å². The number of hydrogen-bond acceptors (Lipinski definition) is 7. The number of aromatic nitrogens is 5. The minimum absolute atomic E-state index is 0.654. The molecule has 0 unspecified atom stereocenters. The molecule has 0 atom stereocenters. The highest BCUT2D eigenvalue weighted by Gasteiger charge is 2.09. The van der Waals surface area contributed by atoms with E-state index in [2.05, 4.69) is 30.6 Å². The van der Waals surface area contributed by atoms with Gasteiger partial charge in [-0.1, -0.05) is 12.1 Å². The lowest BCUT2D eigenvalue weighted by atomic mass is 10.2. The molecule has 7 heteroatoms. The maximum atomic E-state index is 4.70. The van der Waals surface area contributed by atoms with Crippen LogP contribution in [0.2, 0.25) is 0 Å². The lowest BCUT2D eigenvalue weighted by molar-refractivity contribution is 1.04. The Morgan fingerprint density at radius 2 is 1.65 bits per heavy atom. The van der Waals surface area contributed by atoms with Crippen LogP contribution in [0.4, 0.5) is 11.6 Å². The molecule has 0 aliphatic carbocycles. The minimum Gasteiger partial charge on any atom is -0.368 e. The first-order chi connectivity index (χ1) is 12.9. The Balaban J connectivity index is 1.55. The van der Waals surface area contributed by atoms with E-state index in [-0.39, 0.29) is 0 Å². The van der Waals surface area contributed by atoms with Gasteiger partial charge < -0.3 is 10.6 Å². The van der Waals surface area contributed by atoms with Gasteiger partial charge in [0.15, 0.2) is 5.82 Å². The molecule has 0 radical (unpaired) electrons. The Labute approximate surface area is 150 Å². The Bertz CT molecular complexity index is 990. The molecular formula is C19H17N7. The van der Waals surface area contributed by atoms with Crippen molar-refractivity contribution in [3.63, 3.8) is 0 Å². The molecular weight excluding hydrogens is 326 g/mol. The minimum atomic E-state index is 0.654. The second kappa shape index (κ2) is 7.52. The topological polar surface area (TPSA) is 88.5 Å². The standard InChI is InChI=1S/C19H17N7/c1-2-6-16-15(5-1)19(24-11-10-23-17-13-21-8-9-22-17)26-18(25-16)14-4-3-7-20-12-14/h1-9,12-13H,10-11H2,(H,22,23)(H,24,25,26). The molecule has 0 aliphatic heterocycles. The van der Waals surface area contributed by atoms with Crippen LogP contribution in [0, 0.1) is 0 Å². The fraction of sp³-hybridized carbons (Fsp3) is 0.105. The monoisotopic (exact) mass is 343 g/mol. The van der Waals surface area contributed by atoms with Crippen molar-refractivity contribution in [3.05, 3.63) is 67.4 Å². The van der Waals surface area contributed by atoms with Crippen LogP contribution in [0.15, 0.2) is 67.4 Å². The zero-order valence-corrected chi connectivity index (χ0v) is 14.0. The third kappa shape index (κ3) is 3.56. The van der Waals surface area contributed by atoms with Gasteiger partial charge in [-0.2, -0.15) is 0 Å². The average Bonchev–Trinajstić information content (AvgIpc) is 2.72. The molecule has 2 N–H and O–H groups in total. The number of hydrogen-bond donors (Lipinski definition) is 2. The maximum Gasteiger partial charge on any atom is 0.163 e. The Kier molecular flexibility index (Phi) is 4.60. The van der Waals surface area contributed by atoms with E-state index in [1.165, 1.54) is 0 Å². The van der Waals surface area contributed by atoms with Gasteiger partial charge in [0, 0.05) is 48.8 Å². The maximum absolute atomic E-state index is 4.70. The molecule has 26 heavy (non-hydrogen) atoms. The predicted octanol–water partition coefficient (Wildman–Crippen LogP) is 3.01. The Morgan fingerprint density at radius 3 is 2.50 bits per heavy atom. The summed E-state index contributed by atoms with van der Waals surface area (Å²) in [5.41, 5.74) is 1.78. The zero-order valence-electron chi connectivity index (χ0n) is 14.0. The highest BCUT2D eigenvalue weighted by Crippen LogP contribution is 2.24. The first-order valence-corrected chi connectivity index (χ1v) is 8.31. The van der Waals surface area contributed by atoms with Crippen LogP contribution in [-0.2, 0) is 0 Å². The summed E-state index contributed by atoms with van der Waals surface area (Å²) in [5.74, 6) is 2.20. The van der Waals surface area contributed by atoms with E-state index in [1.807, 2.05) is 36.4 Å². The second-order valence-corrected chi connectivity index (χ2v) is 5.60. The Morgan fingerprint density at radius 1 is 0.769 bits per heavy atom. The van der Waals surface area contributed by atoms with Gasteiger partial charge in [0.2, 0.25) is 0 Å². The first-order valence-electron chi connectivity index (χ1n) is 8.31. The Hall–Kier alpha value is -3.61. The predicted molar refractivity (Wildman–Crippen MR) is 102 cm³/mol. The van der Waals surface area contributed by atoms with E-state index >= 15 is 0 Å². The molecule has 0 saturated carbocycles. The summed E-state index contributed by atoms with van der Waals surface area (Å²) in [6.07, 6.45) is 8.51. The van der Waals surface area contributed by atoms with Gasteiger partial charge in [-0.15, -0.1) is 0 Å². The van der Waals surface area contributed by atoms with E-state index in [1.54, 1.807) is 31.0 Å². The highest BCUT2D eigenvalue weighted by molar-refractivity contribution is 5.90. The second-order valence-electron chi connectivity index (χ2n) is 5.60. The number of nitrogens with one attached hydrogen (secondary N) is 2. The molecule has 0 spiro atoms. The molecule has 0 fully saturated rings. The highest BCUT2D eigenvalue weighted by atomic mass is 15.1. The van der Waals surface area contributed by atoms with E-state index in [0.29, 0.717) is 18.9 Å². The van der Waals surface area contributed by atoms with Crippen LogP contribution in [0.3, 0.4) is 0 Å². The molecule has 7 nitrogen and oxygen atoms in total. The van der Waals surface area contributed by atoms with Crippen LogP contribution in [-0.4, -0.2) is 38.0 Å². The van der Waals surface area contributed by atoms with Crippen LogP contribution < -0.4 is 10.6 Å². The molecule has 4 aromatic rings. The summed E-state index contributed by atoms with van der Waals surface area (Å²) in [4.78, 5) is 21.7. The SMILES string of the molecule is c1cncc(-c2nc(NCCNc3cnccn3)c3ccccc3n2)c1. The largest absolute Gasteiger partial charge is 0.368 e. The summed E-state index contributed by atoms with van der Waals surface area (Å²) in [6, 6.07) is 11.8. The van der Waals surface area contributed by atoms with Crippen molar-refractivity contribution in [3.8, 4) is 11.4 Å². The van der Waals surface area contributed by atoms with E-state index in [4.69, 9.17) is 4.98 Å². The van der Waals surface area contributed by atoms with Gasteiger partial charge in [-0.3, -0.25) is 9.97 Å². The number of benzene rings is 1. The van der Waals surface area contributed by atoms with Gasteiger partial charge in [0.05, 0.1) is 11.7 Å². The van der Waals surface area contributed by atoms with Crippen molar-refractivity contribution in [2.24, 2.45) is 0 Å². The van der Waals surface area contributed by atoms with Gasteiger partial charge in [0.25, 0.3) is 0 Å². The van der Waals surface area contributed by atoms with Gasteiger partial charge in [0.1, 0.15) is 11.6 Å². The lowest BCUT2D eigenvalue weighted by Crippen LogP contribution is -2.15. The number of anilines is 2. The summed E-state index contributed by atoms with van der Waals surface area (Å²) < 4.78 is 0. The summed E-state index contributed by atoms with van der Waals surface area (Å²) in [6.45, 7) is 1.38. The molecule has 0 saturated heterocycles. The van der Waals surface area contributed by atoms with Crippen LogP contribution in [0.25, 0.3) is 22.3 Å². The molecule has 3 aromatic heterocycles. The number of pyridine rings is 1. The van der Waals surface area contributed by atoms with Gasteiger partial charge in [-0.25, -0.2) is 15.0 Å². The van der Waals surface area contributed by atoms with Gasteiger partial charge in [-0.05, 0) is 24.3 Å². The molecule has 4 rings (SSSR count). The van der Waals surface area contributed by atoms with Crippen LogP contribution >= 0.6 is 0 Å². The van der Waals surface area contributed by atoms with Crippen LogP contribution in [0.5, 0.6) is 0 Å². The zero-order chi connectivity index (χ0) is 17.6. The summed E-state index contributed by atoms with van der Waals surface area (Å²) >= 11 is 0. The third-order valence-corrected chi connectivity index (χ3v) is 3.81. The summed E-state index contributed by atoms with van der Waals surface area (Å²) in [7, 11) is 0. The van der Waals surface area contributed by atoms with Crippen molar-refractivity contribution >= 4 is 22.5 Å². The van der Waals surface area contributed by atoms with E-state index < -0.39 is 0 Å². The molecule has 3 heterocycles. The summed E-state index contributed by atoms with van der Waals surface area (Å²) in [5, 5.41) is 7.59. The number of nitrogens with zero attached hydrogens (tertiary/aromatic N) is 5. The van der Waals surface area contributed by atoms with Gasteiger partial charge >= 0.3 is 0 Å². The van der Waals surface area contributed by atoms with E-state index in [9.17, 15) is 0 Å². The van der Waals surface area contributed by atoms with Crippen molar-refractivity contribution in [1.29, 1.82) is 0 Å². The fourth-order valence-corrected chi connectivity index (χ4v) is 2.60. The fourth-order valence-electron chi connectivity index (χ4n) is 2.60. The van der Waals surface area contributed by atoms with Crippen molar-refractivity contribution < 1.29 is 0 Å². The smallest absolute Gasteiger partial charge is 0.163 e. The number of rotatable bonds is 6. The molecule has 0 aliphatic rings. The van der Waals surface area contributed by atoms with Crippen LogP contribution in [0.1, 0.15) is 0 Å². The molecule has 128 valence electrons. The normalized spacial score (nSPS) is 10.6. The lowest BCUT2D eigenvalue weighted by Gasteiger charge is -2.11. The number of para-hydroxylation sites is 1. The first kappa shape index (κ1) is 15.9. The van der Waals surface area contributed by atoms with Crippen molar-refractivity contribution in [2.75, 3.05) is 23.7 Å². The van der Waals surface area contributed by atoms with E-state index in [0.717, 1.165) is 28.1 Å². The molecule has 1 aromatic carbocycles. The number of fused-ring (bicyclic) bond motifs is 1.